The third-order valence-corrected chi connectivity index (χ3v) is 7.61. The highest BCUT2D eigenvalue weighted by atomic mass is 19.4. The molecule has 2 aliphatic rings. The van der Waals surface area contributed by atoms with Crippen molar-refractivity contribution in [1.82, 2.24) is 25.6 Å². The SMILES string of the molecule is CC(=O)NCC1(COc2nc3c4c(nc(-c5cc(N)c(F)c(C)c5C(F)(F)F)c(F)c4n2)OC(C)CCNCCN3)CC1. The maximum atomic E-state index is 16.4. The second kappa shape index (κ2) is 11.6. The minimum atomic E-state index is -5.06. The zero-order chi connectivity index (χ0) is 31.1. The molecule has 1 saturated carbocycles. The van der Waals surface area contributed by atoms with Crippen molar-refractivity contribution in [1.29, 1.82) is 0 Å². The lowest BCUT2D eigenvalue weighted by molar-refractivity contribution is -0.137. The lowest BCUT2D eigenvalue weighted by Crippen LogP contribution is -2.31. The van der Waals surface area contributed by atoms with Crippen molar-refractivity contribution in [2.24, 2.45) is 5.41 Å². The average molecular weight is 610 g/mol. The van der Waals surface area contributed by atoms with E-state index in [4.69, 9.17) is 15.2 Å². The summed E-state index contributed by atoms with van der Waals surface area (Å²) in [5, 5.41) is 9.11. The van der Waals surface area contributed by atoms with Crippen molar-refractivity contribution >= 4 is 28.3 Å². The lowest BCUT2D eigenvalue weighted by atomic mass is 9.96. The van der Waals surface area contributed by atoms with Gasteiger partial charge in [0.1, 0.15) is 28.2 Å². The second-order valence-electron chi connectivity index (χ2n) is 11.1. The molecule has 15 heteroatoms. The molecule has 1 aliphatic heterocycles. The molecule has 43 heavy (non-hydrogen) atoms. The number of nitrogens with one attached hydrogen (secondary N) is 3. The van der Waals surface area contributed by atoms with Crippen molar-refractivity contribution in [3.63, 3.8) is 0 Å². The molecule has 1 amide bonds. The highest BCUT2D eigenvalue weighted by molar-refractivity contribution is 5.96. The summed E-state index contributed by atoms with van der Waals surface area (Å²) in [6.07, 6.45) is -3.47. The maximum Gasteiger partial charge on any atom is 0.417 e. The molecule has 10 nitrogen and oxygen atoms in total. The number of anilines is 2. The number of carbonyl (C=O) groups is 1. The molecule has 0 saturated heterocycles. The Bertz CT molecular complexity index is 1560. The predicted molar refractivity (Wildman–Crippen MR) is 149 cm³/mol. The molecule has 1 fully saturated rings. The van der Waals surface area contributed by atoms with Crippen molar-refractivity contribution in [3.8, 4) is 23.1 Å². The summed E-state index contributed by atoms with van der Waals surface area (Å²) in [4.78, 5) is 24.3. The molecule has 1 atom stereocenters. The molecular formula is C28H32F5N7O3. The van der Waals surface area contributed by atoms with Crippen LogP contribution in [-0.2, 0) is 11.0 Å². The number of nitrogen functional groups attached to an aromatic ring is 1. The molecule has 3 heterocycles. The van der Waals surface area contributed by atoms with Gasteiger partial charge in [0.05, 0.1) is 24.0 Å². The van der Waals surface area contributed by atoms with E-state index in [0.717, 1.165) is 19.8 Å². The Labute approximate surface area is 243 Å². The van der Waals surface area contributed by atoms with E-state index in [2.05, 4.69) is 30.9 Å². The van der Waals surface area contributed by atoms with Gasteiger partial charge >= 0.3 is 12.2 Å². The third kappa shape index (κ3) is 6.36. The number of carbonyl (C=O) groups excluding carboxylic acids is 1. The molecule has 3 aromatic rings. The Kier molecular flexibility index (Phi) is 8.20. The first-order chi connectivity index (χ1) is 20.3. The first-order valence-corrected chi connectivity index (χ1v) is 13.9. The Morgan fingerprint density at radius 3 is 2.60 bits per heavy atom. The summed E-state index contributed by atoms with van der Waals surface area (Å²) < 4.78 is 85.6. The number of pyridine rings is 1. The number of aromatic nitrogens is 3. The fourth-order valence-corrected chi connectivity index (χ4v) is 4.98. The fraction of sp³-hybridized carbons (Fsp3) is 0.500. The molecule has 1 aliphatic carbocycles. The Morgan fingerprint density at radius 1 is 1.19 bits per heavy atom. The molecule has 232 valence electrons. The number of halogens is 5. The number of nitrogens with two attached hydrogens (primary N) is 1. The van der Waals surface area contributed by atoms with Crippen LogP contribution in [0.25, 0.3) is 22.2 Å². The largest absolute Gasteiger partial charge is 0.474 e. The normalized spacial score (nSPS) is 18.3. The summed E-state index contributed by atoms with van der Waals surface area (Å²) in [5.41, 5.74) is 0.652. The summed E-state index contributed by atoms with van der Waals surface area (Å²) in [6, 6.07) is 0.484. The highest BCUT2D eigenvalue weighted by Gasteiger charge is 2.44. The number of hydrogen-bond acceptors (Lipinski definition) is 9. The monoisotopic (exact) mass is 609 g/mol. The Balaban J connectivity index is 1.70. The van der Waals surface area contributed by atoms with E-state index < -0.39 is 57.5 Å². The lowest BCUT2D eigenvalue weighted by Gasteiger charge is -2.21. The van der Waals surface area contributed by atoms with Gasteiger partial charge in [-0.3, -0.25) is 4.79 Å². The minimum absolute atomic E-state index is 0.0158. The van der Waals surface area contributed by atoms with E-state index in [-0.39, 0.29) is 41.0 Å². The van der Waals surface area contributed by atoms with Crippen molar-refractivity contribution < 1.29 is 36.2 Å². The molecular weight excluding hydrogens is 577 g/mol. The number of hydrogen-bond donors (Lipinski definition) is 4. The van der Waals surface area contributed by atoms with E-state index in [9.17, 15) is 22.4 Å². The van der Waals surface area contributed by atoms with Crippen molar-refractivity contribution in [3.05, 3.63) is 28.8 Å². The summed E-state index contributed by atoms with van der Waals surface area (Å²) >= 11 is 0. The topological polar surface area (TPSA) is 136 Å². The highest BCUT2D eigenvalue weighted by Crippen LogP contribution is 2.46. The second-order valence-corrected chi connectivity index (χ2v) is 11.1. The van der Waals surface area contributed by atoms with Crippen LogP contribution in [0.4, 0.5) is 33.5 Å². The fourth-order valence-electron chi connectivity index (χ4n) is 4.98. The van der Waals surface area contributed by atoms with Crippen LogP contribution in [0.3, 0.4) is 0 Å². The van der Waals surface area contributed by atoms with E-state index in [1.807, 2.05) is 0 Å². The molecule has 0 bridgehead atoms. The summed E-state index contributed by atoms with van der Waals surface area (Å²) in [5.74, 6) is -2.75. The molecule has 1 unspecified atom stereocenters. The van der Waals surface area contributed by atoms with Gasteiger partial charge < -0.3 is 31.2 Å². The molecule has 5 N–H and O–H groups in total. The quantitative estimate of drug-likeness (QED) is 0.238. The van der Waals surface area contributed by atoms with E-state index in [1.165, 1.54) is 6.92 Å². The third-order valence-electron chi connectivity index (χ3n) is 7.61. The number of rotatable bonds is 6. The van der Waals surface area contributed by atoms with Crippen LogP contribution < -0.4 is 31.2 Å². The van der Waals surface area contributed by atoms with Gasteiger partial charge in [-0.2, -0.15) is 23.1 Å². The van der Waals surface area contributed by atoms with Crippen LogP contribution in [0, 0.1) is 24.0 Å². The van der Waals surface area contributed by atoms with Gasteiger partial charge in [-0.05, 0) is 51.3 Å². The number of benzene rings is 1. The van der Waals surface area contributed by atoms with Gasteiger partial charge in [-0.15, -0.1) is 0 Å². The van der Waals surface area contributed by atoms with Gasteiger partial charge in [0.15, 0.2) is 5.82 Å². The van der Waals surface area contributed by atoms with Crippen LogP contribution in [0.5, 0.6) is 11.9 Å². The predicted octanol–water partition coefficient (Wildman–Crippen LogP) is 4.35. The van der Waals surface area contributed by atoms with Crippen LogP contribution >= 0.6 is 0 Å². The van der Waals surface area contributed by atoms with E-state index in [1.54, 1.807) is 6.92 Å². The molecule has 5 rings (SSSR count). The average Bonchev–Trinajstić information content (AvgIpc) is 3.71. The Morgan fingerprint density at radius 2 is 1.93 bits per heavy atom. The maximum absolute atomic E-state index is 16.4. The Hall–Kier alpha value is -4.01. The van der Waals surface area contributed by atoms with Gasteiger partial charge in [-0.1, -0.05) is 0 Å². The summed E-state index contributed by atoms with van der Waals surface area (Å²) in [7, 11) is 0. The molecule has 2 aromatic heterocycles. The minimum Gasteiger partial charge on any atom is -0.474 e. The van der Waals surface area contributed by atoms with E-state index in [0.29, 0.717) is 38.7 Å². The number of alkyl halides is 3. The van der Waals surface area contributed by atoms with Crippen LogP contribution in [0.15, 0.2) is 6.07 Å². The van der Waals surface area contributed by atoms with Gasteiger partial charge in [-0.25, -0.2) is 13.8 Å². The van der Waals surface area contributed by atoms with Gasteiger partial charge in [0, 0.05) is 37.5 Å². The number of ether oxygens (including phenoxy) is 2. The van der Waals surface area contributed by atoms with Crippen LogP contribution in [0.2, 0.25) is 0 Å². The zero-order valence-electron chi connectivity index (χ0n) is 23.8. The molecule has 0 spiro atoms. The van der Waals surface area contributed by atoms with Crippen molar-refractivity contribution in [2.75, 3.05) is 43.8 Å². The van der Waals surface area contributed by atoms with Crippen LogP contribution in [-0.4, -0.2) is 59.7 Å². The number of amides is 1. The van der Waals surface area contributed by atoms with E-state index >= 15 is 4.39 Å². The first-order valence-electron chi connectivity index (χ1n) is 13.9. The standard InChI is InChI=1S/C28H32F5N7O3/c1-13-4-7-35-8-9-36-24-18-23(39-26(40-24)42-12-27(5-6-27)11-37-15(3)41)21(30)22(38-25(18)43-13)16-10-17(34)20(29)14(2)19(16)28(31,32)33/h10,13,35H,4-9,11-12,34H2,1-3H3,(H,37,41)(H,36,39,40). The van der Waals surface area contributed by atoms with Gasteiger partial charge in [0.25, 0.3) is 0 Å². The summed E-state index contributed by atoms with van der Waals surface area (Å²) in [6.45, 7) is 6.02. The smallest absolute Gasteiger partial charge is 0.417 e. The first kappa shape index (κ1) is 30.4. The molecule has 0 radical (unpaired) electrons. The van der Waals surface area contributed by atoms with Gasteiger partial charge in [0.2, 0.25) is 11.8 Å². The van der Waals surface area contributed by atoms with Crippen LogP contribution in [0.1, 0.15) is 44.2 Å². The molecule has 1 aromatic carbocycles. The zero-order valence-corrected chi connectivity index (χ0v) is 23.8. The number of nitrogens with zero attached hydrogens (tertiary/aromatic N) is 3. The van der Waals surface area contributed by atoms with Crippen molar-refractivity contribution in [2.45, 2.75) is 52.3 Å².